The van der Waals surface area contributed by atoms with E-state index in [1.807, 2.05) is 48.5 Å². The molecule has 1 heterocycles. The number of benzene rings is 2. The van der Waals surface area contributed by atoms with Gasteiger partial charge in [0, 0.05) is 40.7 Å². The maximum Gasteiger partial charge on any atom is 0.333 e. The maximum absolute atomic E-state index is 13.1. The Morgan fingerprint density at radius 2 is 1.66 bits per heavy atom. The van der Waals surface area contributed by atoms with Crippen LogP contribution in [0, 0.1) is 11.3 Å². The molecule has 3 rings (SSSR count). The number of carbonyl (C=O) groups excluding carboxylic acids is 2. The van der Waals surface area contributed by atoms with Gasteiger partial charge in [-0.3, -0.25) is 4.79 Å². The highest BCUT2D eigenvalue weighted by Gasteiger charge is 2.27. The Morgan fingerprint density at radius 3 is 2.17 bits per heavy atom. The lowest BCUT2D eigenvalue weighted by Gasteiger charge is -2.26. The molecule has 0 atom stereocenters. The molecule has 1 aliphatic heterocycles. The fourth-order valence-electron chi connectivity index (χ4n) is 3.08. The van der Waals surface area contributed by atoms with Crippen LogP contribution in [0.4, 0.5) is 11.4 Å². The zero-order valence-corrected chi connectivity index (χ0v) is 16.4. The van der Waals surface area contributed by atoms with Gasteiger partial charge in [0.2, 0.25) is 0 Å². The summed E-state index contributed by atoms with van der Waals surface area (Å²) in [7, 11) is 1.58. The Balaban J connectivity index is 1.96. The first-order valence-electron chi connectivity index (χ1n) is 9.12. The molecule has 0 unspecified atom stereocenters. The van der Waals surface area contributed by atoms with Crippen molar-refractivity contribution < 1.29 is 14.3 Å². The number of esters is 1. The SMILES string of the molecule is C=C(C)C(=O)OCCN(C)C(=O)C(C#N)=C1c2ccccc2Nc2ccccc21. The summed E-state index contributed by atoms with van der Waals surface area (Å²) in [5.74, 6) is -0.939. The number of ether oxygens (including phenoxy) is 1. The first-order valence-corrected chi connectivity index (χ1v) is 9.12. The molecule has 0 fully saturated rings. The smallest absolute Gasteiger partial charge is 0.333 e. The molecule has 29 heavy (non-hydrogen) atoms. The fourth-order valence-corrected chi connectivity index (χ4v) is 3.08. The Morgan fingerprint density at radius 1 is 1.10 bits per heavy atom. The summed E-state index contributed by atoms with van der Waals surface area (Å²) in [6.07, 6.45) is 0. The minimum atomic E-state index is -0.508. The molecule has 1 amide bonds. The number of nitrogens with one attached hydrogen (secondary N) is 1. The van der Waals surface area contributed by atoms with Crippen molar-refractivity contribution in [3.05, 3.63) is 77.4 Å². The zero-order valence-electron chi connectivity index (χ0n) is 16.4. The van der Waals surface area contributed by atoms with Crippen LogP contribution in [0.1, 0.15) is 18.1 Å². The van der Waals surface area contributed by atoms with Gasteiger partial charge in [-0.1, -0.05) is 43.0 Å². The van der Waals surface area contributed by atoms with Gasteiger partial charge >= 0.3 is 5.97 Å². The first-order chi connectivity index (χ1) is 13.9. The Hall–Kier alpha value is -3.85. The van der Waals surface area contributed by atoms with Crippen molar-refractivity contribution in [3.63, 3.8) is 0 Å². The number of nitrogens with zero attached hydrogens (tertiary/aromatic N) is 2. The lowest BCUT2D eigenvalue weighted by molar-refractivity contribution is -0.140. The Kier molecular flexibility index (Phi) is 5.79. The van der Waals surface area contributed by atoms with Crippen LogP contribution in [0.5, 0.6) is 0 Å². The van der Waals surface area contributed by atoms with Gasteiger partial charge in [-0.05, 0) is 19.1 Å². The highest BCUT2D eigenvalue weighted by Crippen LogP contribution is 2.42. The lowest BCUT2D eigenvalue weighted by Crippen LogP contribution is -2.32. The Bertz CT molecular complexity index is 1020. The summed E-state index contributed by atoms with van der Waals surface area (Å²) in [5.41, 5.74) is 4.17. The van der Waals surface area contributed by atoms with Gasteiger partial charge in [0.05, 0.1) is 6.54 Å². The van der Waals surface area contributed by atoms with Crippen LogP contribution in [0.15, 0.2) is 66.3 Å². The predicted molar refractivity (Wildman–Crippen MR) is 111 cm³/mol. The van der Waals surface area contributed by atoms with Crippen LogP contribution in [-0.2, 0) is 14.3 Å². The topological polar surface area (TPSA) is 82.4 Å². The van der Waals surface area contributed by atoms with Gasteiger partial charge in [0.1, 0.15) is 18.2 Å². The molecular formula is C23H21N3O3. The van der Waals surface area contributed by atoms with E-state index in [9.17, 15) is 14.9 Å². The monoisotopic (exact) mass is 387 g/mol. The number of para-hydroxylation sites is 2. The molecule has 6 heteroatoms. The Labute approximate surface area is 169 Å². The average molecular weight is 387 g/mol. The first kappa shape index (κ1) is 19.9. The number of likely N-dealkylation sites (N-methyl/N-ethyl adjacent to an activating group) is 1. The molecule has 146 valence electrons. The van der Waals surface area contributed by atoms with Crippen molar-refractivity contribution in [2.45, 2.75) is 6.92 Å². The van der Waals surface area contributed by atoms with E-state index < -0.39 is 11.9 Å². The number of carbonyl (C=O) groups is 2. The maximum atomic E-state index is 13.1. The van der Waals surface area contributed by atoms with Crippen LogP contribution in [0.3, 0.4) is 0 Å². The number of nitriles is 1. The van der Waals surface area contributed by atoms with Crippen molar-refractivity contribution in [2.24, 2.45) is 0 Å². The van der Waals surface area contributed by atoms with E-state index in [4.69, 9.17) is 4.74 Å². The number of fused-ring (bicyclic) bond motifs is 2. The standard InChI is InChI=1S/C23H21N3O3/c1-15(2)23(28)29-13-12-26(3)22(27)18(14-24)21-16-8-4-6-10-19(16)25-20-11-7-5-9-17(20)21/h4-11,25H,1,12-13H2,2-3H3. The summed E-state index contributed by atoms with van der Waals surface area (Å²) in [6.45, 7) is 5.27. The van der Waals surface area contributed by atoms with Crippen LogP contribution in [0.2, 0.25) is 0 Å². The molecule has 0 radical (unpaired) electrons. The highest BCUT2D eigenvalue weighted by molar-refractivity contribution is 6.12. The van der Waals surface area contributed by atoms with Gasteiger partial charge in [-0.2, -0.15) is 5.26 Å². The van der Waals surface area contributed by atoms with E-state index in [0.29, 0.717) is 11.1 Å². The van der Waals surface area contributed by atoms with Crippen LogP contribution in [-0.4, -0.2) is 37.0 Å². The molecule has 0 aliphatic carbocycles. The van der Waals surface area contributed by atoms with Gasteiger partial charge in [-0.25, -0.2) is 4.79 Å². The zero-order chi connectivity index (χ0) is 21.0. The van der Waals surface area contributed by atoms with E-state index in [0.717, 1.165) is 22.5 Å². The summed E-state index contributed by atoms with van der Waals surface area (Å²) in [5, 5.41) is 13.2. The number of hydrogen-bond acceptors (Lipinski definition) is 5. The van der Waals surface area contributed by atoms with E-state index in [-0.39, 0.29) is 18.7 Å². The van der Waals surface area contributed by atoms with Crippen molar-refractivity contribution >= 4 is 28.8 Å². The van der Waals surface area contributed by atoms with Crippen LogP contribution >= 0.6 is 0 Å². The molecule has 2 aromatic carbocycles. The van der Waals surface area contributed by atoms with Crippen LogP contribution < -0.4 is 5.32 Å². The molecule has 1 N–H and O–H groups in total. The molecule has 0 aromatic heterocycles. The third kappa shape index (κ3) is 4.04. The van der Waals surface area contributed by atoms with Gasteiger partial charge in [-0.15, -0.1) is 0 Å². The number of anilines is 2. The summed E-state index contributed by atoms with van der Waals surface area (Å²) in [4.78, 5) is 26.0. The molecule has 2 aromatic rings. The van der Waals surface area contributed by atoms with E-state index >= 15 is 0 Å². The predicted octanol–water partition coefficient (Wildman–Crippen LogP) is 3.65. The quantitative estimate of drug-likeness (QED) is 0.411. The second-order valence-electron chi connectivity index (χ2n) is 6.72. The third-order valence-corrected chi connectivity index (χ3v) is 4.59. The second-order valence-corrected chi connectivity index (χ2v) is 6.72. The summed E-state index contributed by atoms with van der Waals surface area (Å²) < 4.78 is 5.05. The highest BCUT2D eigenvalue weighted by atomic mass is 16.5. The molecule has 0 saturated carbocycles. The molecule has 0 spiro atoms. The summed E-state index contributed by atoms with van der Waals surface area (Å²) >= 11 is 0. The third-order valence-electron chi connectivity index (χ3n) is 4.59. The normalized spacial score (nSPS) is 11.3. The van der Waals surface area contributed by atoms with Gasteiger partial charge < -0.3 is 15.0 Å². The molecule has 0 saturated heterocycles. The van der Waals surface area contributed by atoms with Crippen molar-refractivity contribution in [1.29, 1.82) is 5.26 Å². The molecule has 0 bridgehead atoms. The van der Waals surface area contributed by atoms with E-state index in [2.05, 4.69) is 18.0 Å². The van der Waals surface area contributed by atoms with Gasteiger partial charge in [0.25, 0.3) is 5.91 Å². The molecular weight excluding hydrogens is 366 g/mol. The van der Waals surface area contributed by atoms with Crippen LogP contribution in [0.25, 0.3) is 5.57 Å². The number of amides is 1. The fraction of sp³-hybridized carbons (Fsp3) is 0.174. The molecule has 1 aliphatic rings. The second kappa shape index (κ2) is 8.44. The molecule has 6 nitrogen and oxygen atoms in total. The number of rotatable bonds is 5. The van der Waals surface area contributed by atoms with Crippen molar-refractivity contribution in [2.75, 3.05) is 25.5 Å². The van der Waals surface area contributed by atoms with Crippen molar-refractivity contribution in [1.82, 2.24) is 4.90 Å². The van der Waals surface area contributed by atoms with E-state index in [1.54, 1.807) is 14.0 Å². The lowest BCUT2D eigenvalue weighted by atomic mass is 9.88. The van der Waals surface area contributed by atoms with E-state index in [1.165, 1.54) is 4.90 Å². The summed E-state index contributed by atoms with van der Waals surface area (Å²) in [6, 6.07) is 17.2. The minimum absolute atomic E-state index is 0.0245. The largest absolute Gasteiger partial charge is 0.460 e. The minimum Gasteiger partial charge on any atom is -0.460 e. The van der Waals surface area contributed by atoms with Gasteiger partial charge in [0.15, 0.2) is 0 Å². The van der Waals surface area contributed by atoms with Crippen molar-refractivity contribution in [3.8, 4) is 6.07 Å². The average Bonchev–Trinajstić information content (AvgIpc) is 2.73. The number of hydrogen-bond donors (Lipinski definition) is 1.